The van der Waals surface area contributed by atoms with E-state index in [4.69, 9.17) is 0 Å². The Morgan fingerprint density at radius 1 is 1.19 bits per heavy atom. The molecule has 116 valence electrons. The Labute approximate surface area is 137 Å². The molecule has 2 nitrogen and oxygen atoms in total. The summed E-state index contributed by atoms with van der Waals surface area (Å²) in [7, 11) is 2.29. The minimum absolute atomic E-state index is 0.721. The lowest BCUT2D eigenvalue weighted by molar-refractivity contribution is 0.225. The van der Waals surface area contributed by atoms with Crippen molar-refractivity contribution in [1.29, 1.82) is 0 Å². The van der Waals surface area contributed by atoms with Gasteiger partial charge in [0, 0.05) is 29.6 Å². The normalized spacial score (nSPS) is 26.2. The van der Waals surface area contributed by atoms with Crippen molar-refractivity contribution < 1.29 is 0 Å². The molecule has 0 bridgehead atoms. The molecule has 0 amide bonds. The number of hydrogen-bond donors (Lipinski definition) is 1. The van der Waals surface area contributed by atoms with Gasteiger partial charge in [0.15, 0.2) is 0 Å². The second-order valence-electron chi connectivity index (χ2n) is 6.76. The summed E-state index contributed by atoms with van der Waals surface area (Å²) in [5.41, 5.74) is 1.48. The number of likely N-dealkylation sites (N-methyl/N-ethyl adjacent to an activating group) is 1. The summed E-state index contributed by atoms with van der Waals surface area (Å²) in [6.45, 7) is 2.33. The molecule has 2 aliphatic carbocycles. The van der Waals surface area contributed by atoms with E-state index in [2.05, 4.69) is 57.5 Å². The topological polar surface area (TPSA) is 15.3 Å². The summed E-state index contributed by atoms with van der Waals surface area (Å²) in [6.07, 6.45) is 8.25. The van der Waals surface area contributed by atoms with Crippen LogP contribution in [-0.4, -0.2) is 37.1 Å². The lowest BCUT2D eigenvalue weighted by atomic mass is 9.76. The van der Waals surface area contributed by atoms with Crippen LogP contribution in [0, 0.1) is 0 Å². The number of nitrogens with one attached hydrogen (secondary N) is 1. The monoisotopic (exact) mass is 350 g/mol. The van der Waals surface area contributed by atoms with Crippen LogP contribution in [0.15, 0.2) is 28.7 Å². The summed E-state index contributed by atoms with van der Waals surface area (Å²) >= 11 is 3.67. The zero-order valence-electron chi connectivity index (χ0n) is 13.0. The molecule has 2 saturated carbocycles. The van der Waals surface area contributed by atoms with Gasteiger partial charge in [0.05, 0.1) is 0 Å². The Kier molecular flexibility index (Phi) is 5.36. The first-order valence-electron chi connectivity index (χ1n) is 8.42. The molecule has 1 aromatic carbocycles. The fourth-order valence-electron chi connectivity index (χ4n) is 3.82. The molecule has 0 unspecified atom stereocenters. The van der Waals surface area contributed by atoms with E-state index in [1.54, 1.807) is 0 Å². The predicted octanol–water partition coefficient (Wildman–Crippen LogP) is 4.16. The van der Waals surface area contributed by atoms with Crippen molar-refractivity contribution in [3.05, 3.63) is 34.3 Å². The van der Waals surface area contributed by atoms with E-state index in [0.29, 0.717) is 0 Å². The molecule has 0 atom stereocenters. The fraction of sp³-hybridized carbons (Fsp3) is 0.667. The molecule has 3 rings (SSSR count). The first kappa shape index (κ1) is 15.5. The maximum atomic E-state index is 3.74. The first-order valence-corrected chi connectivity index (χ1v) is 9.21. The van der Waals surface area contributed by atoms with Gasteiger partial charge in [0.1, 0.15) is 0 Å². The maximum Gasteiger partial charge on any atom is 0.0210 e. The molecule has 2 aliphatic rings. The molecule has 1 N–H and O–H groups in total. The maximum absolute atomic E-state index is 3.74. The van der Waals surface area contributed by atoms with Crippen LogP contribution in [0.25, 0.3) is 0 Å². The molecule has 0 aliphatic heterocycles. The second-order valence-corrected chi connectivity index (χ2v) is 7.61. The van der Waals surface area contributed by atoms with Crippen molar-refractivity contribution in [2.75, 3.05) is 20.1 Å². The van der Waals surface area contributed by atoms with Gasteiger partial charge in [-0.25, -0.2) is 0 Å². The molecular formula is C18H27BrN2. The molecule has 0 saturated heterocycles. The summed E-state index contributed by atoms with van der Waals surface area (Å²) in [6, 6.07) is 10.2. The fourth-order valence-corrected chi connectivity index (χ4v) is 4.43. The predicted molar refractivity (Wildman–Crippen MR) is 92.8 cm³/mol. The summed E-state index contributed by atoms with van der Waals surface area (Å²) < 4.78 is 1.27. The third-order valence-electron chi connectivity index (χ3n) is 5.33. The SMILES string of the molecule is CN(CCNC1CC(c2ccccc2Br)C1)C1CCCC1. The summed E-state index contributed by atoms with van der Waals surface area (Å²) in [5.74, 6) is 0.741. The second kappa shape index (κ2) is 7.26. The van der Waals surface area contributed by atoms with Crippen molar-refractivity contribution in [1.82, 2.24) is 10.2 Å². The van der Waals surface area contributed by atoms with Crippen LogP contribution >= 0.6 is 15.9 Å². The zero-order valence-corrected chi connectivity index (χ0v) is 14.6. The van der Waals surface area contributed by atoms with Gasteiger partial charge in [-0.2, -0.15) is 0 Å². The van der Waals surface area contributed by atoms with Gasteiger partial charge in [0.25, 0.3) is 0 Å². The van der Waals surface area contributed by atoms with Gasteiger partial charge in [-0.1, -0.05) is 47.0 Å². The number of halogens is 1. The van der Waals surface area contributed by atoms with E-state index in [1.807, 2.05) is 0 Å². The van der Waals surface area contributed by atoms with E-state index in [1.165, 1.54) is 55.1 Å². The average molecular weight is 351 g/mol. The standard InChI is InChI=1S/C18H27BrN2/c1-21(16-6-2-3-7-16)11-10-20-15-12-14(13-15)17-8-4-5-9-18(17)19/h4-5,8-9,14-16,20H,2-3,6-7,10-13H2,1H3. The Morgan fingerprint density at radius 2 is 1.90 bits per heavy atom. The zero-order chi connectivity index (χ0) is 14.7. The molecule has 0 spiro atoms. The molecule has 1 aromatic rings. The summed E-state index contributed by atoms with van der Waals surface area (Å²) in [4.78, 5) is 2.56. The molecule has 2 fully saturated rings. The summed E-state index contributed by atoms with van der Waals surface area (Å²) in [5, 5.41) is 3.74. The third-order valence-corrected chi connectivity index (χ3v) is 6.05. The highest BCUT2D eigenvalue weighted by Crippen LogP contribution is 2.39. The van der Waals surface area contributed by atoms with E-state index in [-0.39, 0.29) is 0 Å². The Morgan fingerprint density at radius 3 is 2.62 bits per heavy atom. The van der Waals surface area contributed by atoms with Crippen molar-refractivity contribution in [2.45, 2.75) is 56.5 Å². The van der Waals surface area contributed by atoms with Gasteiger partial charge < -0.3 is 10.2 Å². The van der Waals surface area contributed by atoms with Gasteiger partial charge in [-0.15, -0.1) is 0 Å². The highest BCUT2D eigenvalue weighted by molar-refractivity contribution is 9.10. The first-order chi connectivity index (χ1) is 10.2. The molecule has 3 heteroatoms. The van der Waals surface area contributed by atoms with Gasteiger partial charge in [-0.3, -0.25) is 0 Å². The quantitative estimate of drug-likeness (QED) is 0.828. The lowest BCUT2D eigenvalue weighted by Crippen LogP contribution is -2.44. The van der Waals surface area contributed by atoms with Gasteiger partial charge >= 0.3 is 0 Å². The number of nitrogens with zero attached hydrogens (tertiary/aromatic N) is 1. The third kappa shape index (κ3) is 3.88. The van der Waals surface area contributed by atoms with Crippen LogP contribution in [0.4, 0.5) is 0 Å². The highest BCUT2D eigenvalue weighted by atomic mass is 79.9. The van der Waals surface area contributed by atoms with Crippen molar-refractivity contribution >= 4 is 15.9 Å². The molecule has 21 heavy (non-hydrogen) atoms. The van der Waals surface area contributed by atoms with Crippen LogP contribution in [0.5, 0.6) is 0 Å². The number of hydrogen-bond acceptors (Lipinski definition) is 2. The van der Waals surface area contributed by atoms with E-state index < -0.39 is 0 Å². The van der Waals surface area contributed by atoms with Crippen molar-refractivity contribution in [3.63, 3.8) is 0 Å². The Hall–Kier alpha value is -0.380. The minimum atomic E-state index is 0.721. The highest BCUT2D eigenvalue weighted by Gasteiger charge is 2.30. The van der Waals surface area contributed by atoms with E-state index in [0.717, 1.165) is 24.5 Å². The van der Waals surface area contributed by atoms with Gasteiger partial charge in [-0.05, 0) is 50.3 Å². The lowest BCUT2D eigenvalue weighted by Gasteiger charge is -2.37. The van der Waals surface area contributed by atoms with E-state index >= 15 is 0 Å². The smallest absolute Gasteiger partial charge is 0.0210 e. The van der Waals surface area contributed by atoms with Crippen LogP contribution in [0.2, 0.25) is 0 Å². The van der Waals surface area contributed by atoms with Crippen LogP contribution < -0.4 is 5.32 Å². The average Bonchev–Trinajstić information content (AvgIpc) is 2.96. The largest absolute Gasteiger partial charge is 0.313 e. The number of rotatable bonds is 6. The van der Waals surface area contributed by atoms with Gasteiger partial charge in [0.2, 0.25) is 0 Å². The number of benzene rings is 1. The van der Waals surface area contributed by atoms with Crippen LogP contribution in [0.3, 0.4) is 0 Å². The molecular weight excluding hydrogens is 324 g/mol. The minimum Gasteiger partial charge on any atom is -0.313 e. The van der Waals surface area contributed by atoms with E-state index in [9.17, 15) is 0 Å². The van der Waals surface area contributed by atoms with Crippen LogP contribution in [0.1, 0.15) is 50.0 Å². The van der Waals surface area contributed by atoms with Crippen molar-refractivity contribution in [3.8, 4) is 0 Å². The molecule has 0 aromatic heterocycles. The molecule has 0 radical (unpaired) electrons. The Bertz CT molecular complexity index is 450. The van der Waals surface area contributed by atoms with Crippen molar-refractivity contribution in [2.24, 2.45) is 0 Å². The molecule has 0 heterocycles. The Balaban J connectivity index is 1.35. The van der Waals surface area contributed by atoms with Crippen LogP contribution in [-0.2, 0) is 0 Å².